The predicted molar refractivity (Wildman–Crippen MR) is 65.7 cm³/mol. The molecule has 1 rings (SSSR count). The Bertz CT molecular complexity index is 379. The third-order valence-corrected chi connectivity index (χ3v) is 2.54. The van der Waals surface area contributed by atoms with Crippen LogP contribution in [-0.4, -0.2) is 18.5 Å². The first kappa shape index (κ1) is 13.8. The van der Waals surface area contributed by atoms with Crippen LogP contribution in [0, 0.1) is 18.7 Å². The summed E-state index contributed by atoms with van der Waals surface area (Å²) >= 11 is 0. The van der Waals surface area contributed by atoms with Crippen molar-refractivity contribution < 1.29 is 13.9 Å². The van der Waals surface area contributed by atoms with Crippen LogP contribution in [0.15, 0.2) is 18.2 Å². The molecule has 0 saturated carbocycles. The van der Waals surface area contributed by atoms with Crippen LogP contribution in [0.1, 0.15) is 36.7 Å². The second kappa shape index (κ2) is 5.92. The normalized spacial score (nSPS) is 12.8. The van der Waals surface area contributed by atoms with E-state index in [4.69, 9.17) is 4.74 Å². The molecular formula is C14H19FO2. The van der Waals surface area contributed by atoms with Crippen LogP contribution in [0.5, 0.6) is 0 Å². The highest BCUT2D eigenvalue weighted by Crippen LogP contribution is 2.16. The lowest BCUT2D eigenvalue weighted by Gasteiger charge is -2.19. The first-order valence-electron chi connectivity index (χ1n) is 5.88. The molecule has 0 aliphatic carbocycles. The number of carbonyl (C=O) groups excluding carboxylic acids is 1. The van der Waals surface area contributed by atoms with Crippen molar-refractivity contribution in [1.29, 1.82) is 0 Å². The van der Waals surface area contributed by atoms with Gasteiger partial charge in [0.05, 0.1) is 0 Å². The maximum Gasteiger partial charge on any atom is 0.191 e. The van der Waals surface area contributed by atoms with E-state index >= 15 is 0 Å². The van der Waals surface area contributed by atoms with Gasteiger partial charge in [-0.3, -0.25) is 4.79 Å². The molecule has 0 saturated heterocycles. The number of hydrogen-bond acceptors (Lipinski definition) is 2. The summed E-state index contributed by atoms with van der Waals surface area (Å²) in [4.78, 5) is 12.2. The van der Waals surface area contributed by atoms with Crippen molar-refractivity contribution in [3.05, 3.63) is 35.1 Å². The minimum atomic E-state index is -0.499. The van der Waals surface area contributed by atoms with Crippen molar-refractivity contribution in [2.24, 2.45) is 5.92 Å². The molecule has 0 radical (unpaired) electrons. The molecule has 0 heterocycles. The smallest absolute Gasteiger partial charge is 0.191 e. The lowest BCUT2D eigenvalue weighted by molar-refractivity contribution is 0.0279. The maximum absolute atomic E-state index is 13.2. The molecule has 0 aliphatic heterocycles. The zero-order valence-electron chi connectivity index (χ0n) is 10.8. The number of Topliss-reactive ketones (excluding diaryl/α,β-unsaturated/α-hetero) is 1. The van der Waals surface area contributed by atoms with E-state index in [1.54, 1.807) is 13.0 Å². The molecule has 3 heteroatoms. The van der Waals surface area contributed by atoms with Gasteiger partial charge in [0, 0.05) is 12.2 Å². The number of carbonyl (C=O) groups is 1. The SMILES string of the molecule is CCOC(C(=O)c1cc(C)cc(F)c1)C(C)C. The highest BCUT2D eigenvalue weighted by Gasteiger charge is 2.24. The molecule has 94 valence electrons. The van der Waals surface area contributed by atoms with Crippen LogP contribution >= 0.6 is 0 Å². The topological polar surface area (TPSA) is 26.3 Å². The monoisotopic (exact) mass is 238 g/mol. The Morgan fingerprint density at radius 2 is 2.00 bits per heavy atom. The largest absolute Gasteiger partial charge is 0.370 e. The summed E-state index contributed by atoms with van der Waals surface area (Å²) < 4.78 is 18.7. The summed E-state index contributed by atoms with van der Waals surface area (Å²) in [7, 11) is 0. The van der Waals surface area contributed by atoms with Crippen LogP contribution in [0.3, 0.4) is 0 Å². The van der Waals surface area contributed by atoms with Gasteiger partial charge in [0.15, 0.2) is 5.78 Å². The highest BCUT2D eigenvalue weighted by atomic mass is 19.1. The average Bonchev–Trinajstić information content (AvgIpc) is 2.23. The van der Waals surface area contributed by atoms with Crippen molar-refractivity contribution in [1.82, 2.24) is 0 Å². The van der Waals surface area contributed by atoms with E-state index in [2.05, 4.69) is 0 Å². The molecule has 1 aromatic rings. The molecule has 0 amide bonds. The van der Waals surface area contributed by atoms with Gasteiger partial charge in [-0.05, 0) is 43.5 Å². The number of ketones is 1. The summed E-state index contributed by atoms with van der Waals surface area (Å²) in [5.74, 6) is -0.456. The summed E-state index contributed by atoms with van der Waals surface area (Å²) in [6.07, 6.45) is -0.499. The van der Waals surface area contributed by atoms with Crippen LogP contribution in [-0.2, 0) is 4.74 Å². The summed E-state index contributed by atoms with van der Waals surface area (Å²) in [6.45, 7) is 7.93. The van der Waals surface area contributed by atoms with Gasteiger partial charge < -0.3 is 4.74 Å². The van der Waals surface area contributed by atoms with Crippen LogP contribution < -0.4 is 0 Å². The first-order valence-corrected chi connectivity index (χ1v) is 5.88. The standard InChI is InChI=1S/C14H19FO2/c1-5-17-14(9(2)3)13(16)11-6-10(4)7-12(15)8-11/h6-9,14H,5H2,1-4H3. The number of aryl methyl sites for hydroxylation is 1. The molecule has 0 fully saturated rings. The van der Waals surface area contributed by atoms with Gasteiger partial charge in [0.25, 0.3) is 0 Å². The number of halogens is 1. The van der Waals surface area contributed by atoms with Gasteiger partial charge in [0.1, 0.15) is 11.9 Å². The van der Waals surface area contributed by atoms with Crippen molar-refractivity contribution in [3.63, 3.8) is 0 Å². The van der Waals surface area contributed by atoms with Crippen LogP contribution in [0.2, 0.25) is 0 Å². The summed E-state index contributed by atoms with van der Waals surface area (Å²) in [5, 5.41) is 0. The number of rotatable bonds is 5. The Balaban J connectivity index is 3.00. The zero-order valence-corrected chi connectivity index (χ0v) is 10.8. The van der Waals surface area contributed by atoms with E-state index < -0.39 is 6.10 Å². The lowest BCUT2D eigenvalue weighted by atomic mass is 9.96. The van der Waals surface area contributed by atoms with Gasteiger partial charge in [0.2, 0.25) is 0 Å². The average molecular weight is 238 g/mol. The van der Waals surface area contributed by atoms with Gasteiger partial charge >= 0.3 is 0 Å². The van der Waals surface area contributed by atoms with Gasteiger partial charge in [-0.15, -0.1) is 0 Å². The van der Waals surface area contributed by atoms with Gasteiger partial charge in [-0.1, -0.05) is 13.8 Å². The number of hydrogen-bond donors (Lipinski definition) is 0. The summed E-state index contributed by atoms with van der Waals surface area (Å²) in [6, 6.07) is 4.37. The summed E-state index contributed by atoms with van der Waals surface area (Å²) in [5.41, 5.74) is 1.13. The third kappa shape index (κ3) is 3.63. The Kier molecular flexibility index (Phi) is 4.82. The lowest BCUT2D eigenvalue weighted by Crippen LogP contribution is -2.30. The molecule has 0 N–H and O–H groups in total. The van der Waals surface area contributed by atoms with Crippen molar-refractivity contribution in [3.8, 4) is 0 Å². The van der Waals surface area contributed by atoms with Gasteiger partial charge in [-0.25, -0.2) is 4.39 Å². The minimum Gasteiger partial charge on any atom is -0.370 e. The fraction of sp³-hybridized carbons (Fsp3) is 0.500. The fourth-order valence-electron chi connectivity index (χ4n) is 1.79. The molecule has 2 nitrogen and oxygen atoms in total. The number of ether oxygens (including phenoxy) is 1. The predicted octanol–water partition coefficient (Wildman–Crippen LogP) is 3.38. The molecule has 0 bridgehead atoms. The zero-order chi connectivity index (χ0) is 13.0. The van der Waals surface area contributed by atoms with E-state index in [0.29, 0.717) is 12.2 Å². The van der Waals surface area contributed by atoms with Gasteiger partial charge in [-0.2, -0.15) is 0 Å². The van der Waals surface area contributed by atoms with E-state index in [1.807, 2.05) is 20.8 Å². The second-order valence-electron chi connectivity index (χ2n) is 4.50. The molecule has 17 heavy (non-hydrogen) atoms. The van der Waals surface area contributed by atoms with Crippen LogP contribution in [0.4, 0.5) is 4.39 Å². The Morgan fingerprint density at radius 3 is 2.47 bits per heavy atom. The first-order chi connectivity index (χ1) is 7.95. The van der Waals surface area contributed by atoms with Crippen LogP contribution in [0.25, 0.3) is 0 Å². The Morgan fingerprint density at radius 1 is 1.35 bits per heavy atom. The van der Waals surface area contributed by atoms with E-state index in [9.17, 15) is 9.18 Å². The molecular weight excluding hydrogens is 219 g/mol. The molecule has 1 atom stereocenters. The van der Waals surface area contributed by atoms with E-state index in [-0.39, 0.29) is 17.5 Å². The Labute approximate surface area is 102 Å². The molecule has 0 spiro atoms. The van der Waals surface area contributed by atoms with Crippen molar-refractivity contribution in [2.75, 3.05) is 6.61 Å². The molecule has 0 aliphatic rings. The molecule has 0 aromatic heterocycles. The fourth-order valence-corrected chi connectivity index (χ4v) is 1.79. The van der Waals surface area contributed by atoms with Crippen molar-refractivity contribution >= 4 is 5.78 Å². The Hall–Kier alpha value is -1.22. The van der Waals surface area contributed by atoms with Crippen molar-refractivity contribution in [2.45, 2.75) is 33.8 Å². The number of benzene rings is 1. The maximum atomic E-state index is 13.2. The quantitative estimate of drug-likeness (QED) is 0.735. The molecule has 1 aromatic carbocycles. The highest BCUT2D eigenvalue weighted by molar-refractivity contribution is 5.99. The minimum absolute atomic E-state index is 0.0750. The van der Waals surface area contributed by atoms with E-state index in [1.165, 1.54) is 12.1 Å². The van der Waals surface area contributed by atoms with E-state index in [0.717, 1.165) is 5.56 Å². The second-order valence-corrected chi connectivity index (χ2v) is 4.50. The molecule has 1 unspecified atom stereocenters. The third-order valence-electron chi connectivity index (χ3n) is 2.54.